The number of nitrogens with one attached hydrogen (secondary N) is 2. The van der Waals surface area contributed by atoms with Crippen LogP contribution in [-0.4, -0.2) is 45.8 Å². The summed E-state index contributed by atoms with van der Waals surface area (Å²) < 4.78 is 45.0. The van der Waals surface area contributed by atoms with E-state index in [-0.39, 0.29) is 29.9 Å². The fourth-order valence-electron chi connectivity index (χ4n) is 3.17. The topological polar surface area (TPSA) is 84.5 Å². The molecule has 8 heteroatoms. The highest BCUT2D eigenvalue weighted by Crippen LogP contribution is 2.32. The van der Waals surface area contributed by atoms with Gasteiger partial charge in [0.25, 0.3) is 0 Å². The maximum absolute atomic E-state index is 13.5. The molecule has 0 fully saturated rings. The van der Waals surface area contributed by atoms with Gasteiger partial charge in [0.1, 0.15) is 17.7 Å². The zero-order valence-electron chi connectivity index (χ0n) is 15.1. The van der Waals surface area contributed by atoms with Crippen molar-refractivity contribution in [1.82, 2.24) is 10.6 Å². The molecule has 1 aliphatic carbocycles. The van der Waals surface area contributed by atoms with Crippen molar-refractivity contribution in [3.8, 4) is 5.75 Å². The Morgan fingerprint density at radius 1 is 1.37 bits per heavy atom. The van der Waals surface area contributed by atoms with Crippen LogP contribution in [0.1, 0.15) is 18.4 Å². The molecule has 1 heterocycles. The third-order valence-electron chi connectivity index (χ3n) is 4.72. The van der Waals surface area contributed by atoms with E-state index in [9.17, 15) is 17.6 Å². The summed E-state index contributed by atoms with van der Waals surface area (Å²) in [7, 11) is -2.12. The number of hydrogen-bond acceptors (Lipinski definition) is 5. The maximum atomic E-state index is 13.5. The second-order valence-electron chi connectivity index (χ2n) is 6.63. The van der Waals surface area contributed by atoms with Gasteiger partial charge in [-0.05, 0) is 49.1 Å². The van der Waals surface area contributed by atoms with Crippen LogP contribution in [0.3, 0.4) is 0 Å². The van der Waals surface area contributed by atoms with Gasteiger partial charge in [-0.3, -0.25) is 4.79 Å². The molecule has 1 aromatic carbocycles. The van der Waals surface area contributed by atoms with Gasteiger partial charge in [0, 0.05) is 13.6 Å². The predicted octanol–water partition coefficient (Wildman–Crippen LogP) is 1.67. The van der Waals surface area contributed by atoms with Gasteiger partial charge in [0.2, 0.25) is 5.91 Å². The molecular formula is C19H23FN2O4S. The zero-order valence-corrected chi connectivity index (χ0v) is 15.9. The highest BCUT2D eigenvalue weighted by Gasteiger charge is 2.29. The third kappa shape index (κ3) is 4.56. The lowest BCUT2D eigenvalue weighted by atomic mass is 10.0. The molecule has 27 heavy (non-hydrogen) atoms. The van der Waals surface area contributed by atoms with Gasteiger partial charge in [-0.25, -0.2) is 12.8 Å². The SMILES string of the molecule is CNC(=O)CNC[C@H]1CCc2ccc(S(=O)(=O)C3C=C(F)C=CC3)cc2O1. The normalized spacial score (nSPS) is 21.8. The van der Waals surface area contributed by atoms with Gasteiger partial charge in [0.15, 0.2) is 9.84 Å². The molecular weight excluding hydrogens is 371 g/mol. The zero-order chi connectivity index (χ0) is 19.4. The van der Waals surface area contributed by atoms with E-state index < -0.39 is 20.9 Å². The molecule has 0 radical (unpaired) electrons. The molecule has 0 bridgehead atoms. The number of benzene rings is 1. The lowest BCUT2D eigenvalue weighted by Crippen LogP contribution is -2.39. The monoisotopic (exact) mass is 394 g/mol. The second kappa shape index (κ2) is 8.22. The first kappa shape index (κ1) is 19.6. The minimum atomic E-state index is -3.69. The average Bonchev–Trinajstić information content (AvgIpc) is 2.67. The molecule has 1 aromatic rings. The number of aryl methyl sites for hydroxylation is 1. The summed E-state index contributed by atoms with van der Waals surface area (Å²) in [5.74, 6) is -0.113. The summed E-state index contributed by atoms with van der Waals surface area (Å²) in [4.78, 5) is 11.4. The van der Waals surface area contributed by atoms with Crippen molar-refractivity contribution in [2.75, 3.05) is 20.1 Å². The van der Waals surface area contributed by atoms with Crippen molar-refractivity contribution >= 4 is 15.7 Å². The van der Waals surface area contributed by atoms with Crippen molar-refractivity contribution in [2.45, 2.75) is 35.5 Å². The van der Waals surface area contributed by atoms with E-state index in [0.717, 1.165) is 24.5 Å². The lowest BCUT2D eigenvalue weighted by molar-refractivity contribution is -0.119. The Morgan fingerprint density at radius 2 is 2.19 bits per heavy atom. The standard InChI is InChI=1S/C19H23FN2O4S/c1-21-19(23)12-22-11-15-7-5-13-6-8-17(10-18(13)26-15)27(24,25)16-4-2-3-14(20)9-16/h2-3,6,8-10,15-16,22H,4-5,7,11-12H2,1H3,(H,21,23)/t15-,16?/m1/s1. The van der Waals surface area contributed by atoms with Crippen molar-refractivity contribution < 1.29 is 22.3 Å². The van der Waals surface area contributed by atoms with E-state index in [4.69, 9.17) is 4.74 Å². The fourth-order valence-corrected chi connectivity index (χ4v) is 4.72. The molecule has 3 rings (SSSR count). The maximum Gasteiger partial charge on any atom is 0.233 e. The Kier molecular flexibility index (Phi) is 5.96. The number of likely N-dealkylation sites (N-methyl/N-ethyl adjacent to an activating group) is 1. The first-order valence-corrected chi connectivity index (χ1v) is 10.4. The Labute approximate surface area is 158 Å². The van der Waals surface area contributed by atoms with E-state index in [1.54, 1.807) is 19.2 Å². The minimum Gasteiger partial charge on any atom is -0.489 e. The minimum absolute atomic E-state index is 0.110. The van der Waals surface area contributed by atoms with E-state index in [0.29, 0.717) is 12.3 Å². The second-order valence-corrected chi connectivity index (χ2v) is 8.79. The smallest absolute Gasteiger partial charge is 0.233 e. The van der Waals surface area contributed by atoms with Crippen LogP contribution in [0.4, 0.5) is 4.39 Å². The molecule has 0 spiro atoms. The number of allylic oxidation sites excluding steroid dienone is 3. The van der Waals surface area contributed by atoms with Crippen LogP contribution in [0.5, 0.6) is 5.75 Å². The Hall–Kier alpha value is -2.19. The highest BCUT2D eigenvalue weighted by atomic mass is 32.2. The number of amides is 1. The van der Waals surface area contributed by atoms with Crippen LogP contribution < -0.4 is 15.4 Å². The number of sulfone groups is 1. The van der Waals surface area contributed by atoms with Crippen LogP contribution in [0.15, 0.2) is 47.1 Å². The van der Waals surface area contributed by atoms with Crippen molar-refractivity contribution in [3.63, 3.8) is 0 Å². The summed E-state index contributed by atoms with van der Waals surface area (Å²) >= 11 is 0. The summed E-state index contributed by atoms with van der Waals surface area (Å²) in [6, 6.07) is 4.85. The quantitative estimate of drug-likeness (QED) is 0.767. The van der Waals surface area contributed by atoms with Gasteiger partial charge >= 0.3 is 0 Å². The van der Waals surface area contributed by atoms with Gasteiger partial charge in [-0.1, -0.05) is 12.1 Å². The average molecular weight is 394 g/mol. The number of hydrogen-bond donors (Lipinski definition) is 2. The number of carbonyl (C=O) groups is 1. The summed E-state index contributed by atoms with van der Waals surface area (Å²) in [5.41, 5.74) is 0.946. The summed E-state index contributed by atoms with van der Waals surface area (Å²) in [5, 5.41) is 4.65. The molecule has 0 saturated carbocycles. The number of ether oxygens (including phenoxy) is 1. The van der Waals surface area contributed by atoms with Crippen molar-refractivity contribution in [1.29, 1.82) is 0 Å². The van der Waals surface area contributed by atoms with E-state index >= 15 is 0 Å². The molecule has 1 aliphatic heterocycles. The summed E-state index contributed by atoms with van der Waals surface area (Å²) in [6.45, 7) is 0.690. The predicted molar refractivity (Wildman–Crippen MR) is 100 cm³/mol. The fraction of sp³-hybridized carbons (Fsp3) is 0.421. The summed E-state index contributed by atoms with van der Waals surface area (Å²) in [6.07, 6.45) is 5.60. The van der Waals surface area contributed by atoms with E-state index in [1.807, 2.05) is 0 Å². The molecule has 2 N–H and O–H groups in total. The molecule has 1 amide bonds. The molecule has 2 aliphatic rings. The Balaban J connectivity index is 1.72. The molecule has 0 aromatic heterocycles. The van der Waals surface area contributed by atoms with Crippen LogP contribution in [0.25, 0.3) is 0 Å². The molecule has 0 saturated heterocycles. The number of fused-ring (bicyclic) bond motifs is 1. The molecule has 1 unspecified atom stereocenters. The first-order chi connectivity index (χ1) is 12.9. The van der Waals surface area contributed by atoms with Crippen molar-refractivity contribution in [3.05, 3.63) is 47.8 Å². The first-order valence-electron chi connectivity index (χ1n) is 8.89. The van der Waals surface area contributed by atoms with Crippen LogP contribution >= 0.6 is 0 Å². The molecule has 2 atom stereocenters. The van der Waals surface area contributed by atoms with Crippen LogP contribution in [0, 0.1) is 0 Å². The highest BCUT2D eigenvalue weighted by molar-refractivity contribution is 7.92. The number of rotatable bonds is 6. The van der Waals surface area contributed by atoms with Crippen LogP contribution in [-0.2, 0) is 21.1 Å². The van der Waals surface area contributed by atoms with Gasteiger partial charge in [0.05, 0.1) is 16.7 Å². The Bertz CT molecular complexity index is 880. The third-order valence-corrected chi connectivity index (χ3v) is 6.76. The van der Waals surface area contributed by atoms with Crippen LogP contribution in [0.2, 0.25) is 0 Å². The number of carbonyl (C=O) groups excluding carboxylic acids is 1. The van der Waals surface area contributed by atoms with Gasteiger partial charge in [-0.15, -0.1) is 0 Å². The van der Waals surface area contributed by atoms with E-state index in [1.165, 1.54) is 18.2 Å². The van der Waals surface area contributed by atoms with Gasteiger partial charge < -0.3 is 15.4 Å². The Morgan fingerprint density at radius 3 is 2.93 bits per heavy atom. The number of halogens is 1. The molecule has 146 valence electrons. The van der Waals surface area contributed by atoms with Crippen molar-refractivity contribution in [2.24, 2.45) is 0 Å². The molecule has 6 nitrogen and oxygen atoms in total. The lowest BCUT2D eigenvalue weighted by Gasteiger charge is -2.27. The largest absolute Gasteiger partial charge is 0.489 e. The van der Waals surface area contributed by atoms with E-state index in [2.05, 4.69) is 10.6 Å². The van der Waals surface area contributed by atoms with Gasteiger partial charge in [-0.2, -0.15) is 0 Å².